The minimum atomic E-state index is 0.959. The zero-order valence-electron chi connectivity index (χ0n) is 17.2. The zero-order chi connectivity index (χ0) is 20.8. The molecule has 148 valence electrons. The van der Waals surface area contributed by atoms with Crippen LogP contribution < -0.4 is 4.90 Å². The summed E-state index contributed by atoms with van der Waals surface area (Å²) in [7, 11) is 0. The van der Waals surface area contributed by atoms with Crippen molar-refractivity contribution in [3.05, 3.63) is 115 Å². The highest BCUT2D eigenvalue weighted by atomic mass is 16.3. The van der Waals surface area contributed by atoms with Gasteiger partial charge in [0.05, 0.1) is 0 Å². The molecule has 0 aliphatic carbocycles. The molecule has 0 N–H and O–H groups in total. The van der Waals surface area contributed by atoms with Crippen LogP contribution in [0.25, 0.3) is 33.1 Å². The van der Waals surface area contributed by atoms with Gasteiger partial charge in [-0.1, -0.05) is 48.5 Å². The minimum Gasteiger partial charge on any atom is -0.456 e. The van der Waals surface area contributed by atoms with E-state index in [0.717, 1.165) is 28.2 Å². The molecule has 31 heavy (non-hydrogen) atoms. The summed E-state index contributed by atoms with van der Waals surface area (Å²) in [6.45, 7) is 2.19. The topological polar surface area (TPSA) is 16.4 Å². The van der Waals surface area contributed by atoms with Crippen molar-refractivity contribution in [2.75, 3.05) is 4.90 Å². The largest absolute Gasteiger partial charge is 0.456 e. The summed E-state index contributed by atoms with van der Waals surface area (Å²) in [6, 6.07) is 38.4. The lowest BCUT2D eigenvalue weighted by atomic mass is 9.97. The quantitative estimate of drug-likeness (QED) is 0.295. The number of nitrogens with zero attached hydrogens (tertiary/aromatic N) is 1. The zero-order valence-corrected chi connectivity index (χ0v) is 17.2. The van der Waals surface area contributed by atoms with Crippen LogP contribution in [0, 0.1) is 6.92 Å². The predicted octanol–water partition coefficient (Wildman–Crippen LogP) is 8.47. The van der Waals surface area contributed by atoms with Gasteiger partial charge in [-0.2, -0.15) is 0 Å². The molecule has 0 atom stereocenters. The average Bonchev–Trinajstić information content (AvgIpc) is 3.43. The third-order valence-corrected chi connectivity index (χ3v) is 5.96. The Labute approximate surface area is 181 Å². The maximum atomic E-state index is 5.83. The molecule has 0 saturated carbocycles. The Hall–Kier alpha value is -4.04. The van der Waals surface area contributed by atoms with E-state index in [1.54, 1.807) is 0 Å². The molecule has 0 unspecified atom stereocenters. The molecular formula is C29H21NO. The Morgan fingerprint density at radius 2 is 1.19 bits per heavy atom. The van der Waals surface area contributed by atoms with Gasteiger partial charge in [-0.3, -0.25) is 0 Å². The van der Waals surface area contributed by atoms with E-state index in [1.165, 1.54) is 27.5 Å². The van der Waals surface area contributed by atoms with Crippen molar-refractivity contribution >= 4 is 39.0 Å². The highest BCUT2D eigenvalue weighted by Crippen LogP contribution is 2.38. The molecule has 0 amide bonds. The SMILES string of the molecule is Cc1cc(N(c2ccccc2)c2ccccc2)ccc1-c1ccc2c3ccc(o3)c2c1. The van der Waals surface area contributed by atoms with Crippen LogP contribution >= 0.6 is 0 Å². The molecular weight excluding hydrogens is 378 g/mol. The number of aryl methyl sites for hydroxylation is 1. The van der Waals surface area contributed by atoms with Crippen LogP contribution in [0.5, 0.6) is 0 Å². The maximum Gasteiger partial charge on any atom is 0.135 e. The van der Waals surface area contributed by atoms with Gasteiger partial charge in [-0.05, 0) is 84.3 Å². The molecule has 2 nitrogen and oxygen atoms in total. The summed E-state index contributed by atoms with van der Waals surface area (Å²) >= 11 is 0. The van der Waals surface area contributed by atoms with Crippen LogP contribution in [0.2, 0.25) is 0 Å². The van der Waals surface area contributed by atoms with Crippen LogP contribution in [-0.4, -0.2) is 0 Å². The van der Waals surface area contributed by atoms with Gasteiger partial charge >= 0.3 is 0 Å². The van der Waals surface area contributed by atoms with Gasteiger partial charge < -0.3 is 9.32 Å². The maximum absolute atomic E-state index is 5.83. The second kappa shape index (κ2) is 7.03. The number of hydrogen-bond donors (Lipinski definition) is 0. The highest BCUT2D eigenvalue weighted by molar-refractivity contribution is 6.08. The number of fused-ring (bicyclic) bond motifs is 5. The number of benzene rings is 5. The van der Waals surface area contributed by atoms with Gasteiger partial charge in [-0.25, -0.2) is 0 Å². The first-order valence-electron chi connectivity index (χ1n) is 10.5. The number of rotatable bonds is 4. The second-order valence-corrected chi connectivity index (χ2v) is 7.93. The number of furan rings is 2. The van der Waals surface area contributed by atoms with Crippen molar-refractivity contribution in [3.8, 4) is 11.1 Å². The number of anilines is 3. The van der Waals surface area contributed by atoms with Crippen LogP contribution in [0.3, 0.4) is 0 Å². The molecule has 0 aliphatic heterocycles. The van der Waals surface area contributed by atoms with E-state index < -0.39 is 0 Å². The Balaban J connectivity index is 1.45. The molecule has 6 rings (SSSR count). The van der Waals surface area contributed by atoms with E-state index >= 15 is 0 Å². The molecule has 2 heteroatoms. The second-order valence-electron chi connectivity index (χ2n) is 7.93. The molecule has 2 aromatic heterocycles. The fourth-order valence-corrected chi connectivity index (χ4v) is 4.47. The van der Waals surface area contributed by atoms with Crippen molar-refractivity contribution in [2.45, 2.75) is 6.92 Å². The smallest absolute Gasteiger partial charge is 0.135 e. The Morgan fingerprint density at radius 3 is 1.84 bits per heavy atom. The summed E-state index contributed by atoms with van der Waals surface area (Å²) in [5.41, 5.74) is 9.06. The van der Waals surface area contributed by atoms with Gasteiger partial charge in [0, 0.05) is 27.8 Å². The molecule has 2 heterocycles. The van der Waals surface area contributed by atoms with E-state index in [-0.39, 0.29) is 0 Å². The lowest BCUT2D eigenvalue weighted by Crippen LogP contribution is -2.09. The first-order valence-corrected chi connectivity index (χ1v) is 10.5. The third-order valence-electron chi connectivity index (χ3n) is 5.96. The number of para-hydroxylation sites is 2. The molecule has 0 aliphatic rings. The average molecular weight is 399 g/mol. The summed E-state index contributed by atoms with van der Waals surface area (Å²) in [4.78, 5) is 2.30. The van der Waals surface area contributed by atoms with Crippen LogP contribution in [-0.2, 0) is 0 Å². The van der Waals surface area contributed by atoms with E-state index in [2.05, 4.69) is 115 Å². The summed E-state index contributed by atoms with van der Waals surface area (Å²) < 4.78 is 5.83. The third kappa shape index (κ3) is 2.96. The van der Waals surface area contributed by atoms with E-state index in [4.69, 9.17) is 4.42 Å². The molecule has 0 spiro atoms. The fraction of sp³-hybridized carbons (Fsp3) is 0.0345. The normalized spacial score (nSPS) is 11.4. The molecule has 0 fully saturated rings. The van der Waals surface area contributed by atoms with Crippen molar-refractivity contribution in [3.63, 3.8) is 0 Å². The van der Waals surface area contributed by atoms with E-state index in [1.807, 2.05) is 6.07 Å². The summed E-state index contributed by atoms with van der Waals surface area (Å²) in [6.07, 6.45) is 0. The first-order chi connectivity index (χ1) is 15.3. The molecule has 2 bridgehead atoms. The van der Waals surface area contributed by atoms with Crippen molar-refractivity contribution in [1.82, 2.24) is 0 Å². The fourth-order valence-electron chi connectivity index (χ4n) is 4.47. The standard InChI is InChI=1S/C29H21NO/c1-20-18-24(30(22-8-4-2-5-9-22)23-10-6-3-7-11-23)13-15-25(20)21-12-14-26-27(19-21)29-17-16-28(26)31-29/h2-19H,1H3. The lowest BCUT2D eigenvalue weighted by molar-refractivity contribution is 0.679. The van der Waals surface area contributed by atoms with Gasteiger partial charge in [0.15, 0.2) is 0 Å². The lowest BCUT2D eigenvalue weighted by Gasteiger charge is -2.26. The number of hydrogen-bond acceptors (Lipinski definition) is 2. The summed E-state index contributed by atoms with van der Waals surface area (Å²) in [5, 5.41) is 2.38. The van der Waals surface area contributed by atoms with Gasteiger partial charge in [0.1, 0.15) is 11.2 Å². The molecule has 4 aromatic carbocycles. The van der Waals surface area contributed by atoms with Gasteiger partial charge in [0.2, 0.25) is 0 Å². The predicted molar refractivity (Wildman–Crippen MR) is 130 cm³/mol. The molecule has 0 saturated heterocycles. The van der Waals surface area contributed by atoms with Gasteiger partial charge in [0.25, 0.3) is 0 Å². The van der Waals surface area contributed by atoms with Crippen molar-refractivity contribution in [2.24, 2.45) is 0 Å². The van der Waals surface area contributed by atoms with Crippen LogP contribution in [0.4, 0.5) is 17.1 Å². The Kier molecular flexibility index (Phi) is 4.03. The van der Waals surface area contributed by atoms with E-state index in [0.29, 0.717) is 0 Å². The molecule has 6 aromatic rings. The Morgan fingerprint density at radius 1 is 0.548 bits per heavy atom. The summed E-state index contributed by atoms with van der Waals surface area (Å²) in [5.74, 6) is 0. The van der Waals surface area contributed by atoms with Crippen LogP contribution in [0.1, 0.15) is 5.56 Å². The van der Waals surface area contributed by atoms with Crippen molar-refractivity contribution < 1.29 is 4.42 Å². The Bertz CT molecular complexity index is 1440. The van der Waals surface area contributed by atoms with Crippen LogP contribution in [0.15, 0.2) is 114 Å². The highest BCUT2D eigenvalue weighted by Gasteiger charge is 2.15. The van der Waals surface area contributed by atoms with E-state index in [9.17, 15) is 0 Å². The first kappa shape index (κ1) is 17.8. The van der Waals surface area contributed by atoms with Gasteiger partial charge in [-0.15, -0.1) is 0 Å². The monoisotopic (exact) mass is 399 g/mol. The molecule has 0 radical (unpaired) electrons. The minimum absolute atomic E-state index is 0.959. The van der Waals surface area contributed by atoms with Crippen molar-refractivity contribution in [1.29, 1.82) is 0 Å².